The Labute approximate surface area is 108 Å². The van der Waals surface area contributed by atoms with Crippen molar-refractivity contribution in [3.05, 3.63) is 23.5 Å². The molecule has 0 bridgehead atoms. The number of rotatable bonds is 1. The van der Waals surface area contributed by atoms with E-state index in [1.807, 2.05) is 4.90 Å². The van der Waals surface area contributed by atoms with Crippen LogP contribution in [-0.4, -0.2) is 34.5 Å². The average Bonchev–Trinajstić information content (AvgIpc) is 2.99. The smallest absolute Gasteiger partial charge is 0.240 e. The normalized spacial score (nSPS) is 27.3. The minimum absolute atomic E-state index is 0.0510. The van der Waals surface area contributed by atoms with Crippen molar-refractivity contribution < 1.29 is 4.79 Å². The molecular weight excluding hydrogens is 226 g/mol. The van der Waals surface area contributed by atoms with Gasteiger partial charge in [0, 0.05) is 24.5 Å². The molecule has 0 radical (unpaired) electrons. The fourth-order valence-corrected chi connectivity index (χ4v) is 3.22. The highest BCUT2D eigenvalue weighted by Gasteiger charge is 2.33. The average molecular weight is 247 g/mol. The van der Waals surface area contributed by atoms with E-state index in [9.17, 15) is 4.79 Å². The Hall–Kier alpha value is -1.29. The van der Waals surface area contributed by atoms with Gasteiger partial charge in [0.05, 0.1) is 12.1 Å². The molecule has 3 heterocycles. The summed E-state index contributed by atoms with van der Waals surface area (Å²) in [5, 5.41) is 3.31. The topological polar surface area (TPSA) is 37.3 Å². The van der Waals surface area contributed by atoms with Gasteiger partial charge in [-0.3, -0.25) is 4.79 Å². The lowest BCUT2D eigenvalue weighted by Gasteiger charge is -2.37. The van der Waals surface area contributed by atoms with Gasteiger partial charge in [-0.2, -0.15) is 0 Å². The number of nitrogens with one attached hydrogen (secondary N) is 1. The second-order valence-electron chi connectivity index (χ2n) is 5.41. The SMILES string of the molecule is Cc1ccc2n1CCN(C(=O)[C@@H]1CCCN1)C2C. The summed E-state index contributed by atoms with van der Waals surface area (Å²) in [5.41, 5.74) is 2.56. The molecule has 0 aromatic carbocycles. The van der Waals surface area contributed by atoms with E-state index >= 15 is 0 Å². The van der Waals surface area contributed by atoms with Crippen LogP contribution < -0.4 is 5.32 Å². The third kappa shape index (κ3) is 1.75. The van der Waals surface area contributed by atoms with Crippen LogP contribution in [0.1, 0.15) is 37.2 Å². The molecule has 0 saturated carbocycles. The van der Waals surface area contributed by atoms with Crippen molar-refractivity contribution >= 4 is 5.91 Å². The summed E-state index contributed by atoms with van der Waals surface area (Å²) >= 11 is 0. The molecule has 0 spiro atoms. The van der Waals surface area contributed by atoms with Crippen molar-refractivity contribution in [1.29, 1.82) is 0 Å². The van der Waals surface area contributed by atoms with Crippen LogP contribution in [0.15, 0.2) is 12.1 Å². The molecule has 1 aromatic heterocycles. The van der Waals surface area contributed by atoms with E-state index in [1.165, 1.54) is 11.4 Å². The Balaban J connectivity index is 1.81. The highest BCUT2D eigenvalue weighted by atomic mass is 16.2. The third-order valence-corrected chi connectivity index (χ3v) is 4.33. The van der Waals surface area contributed by atoms with Gasteiger partial charge in [0.1, 0.15) is 0 Å². The van der Waals surface area contributed by atoms with Gasteiger partial charge in [0.15, 0.2) is 0 Å². The number of aryl methyl sites for hydroxylation is 1. The first-order chi connectivity index (χ1) is 8.68. The van der Waals surface area contributed by atoms with Crippen LogP contribution in [-0.2, 0) is 11.3 Å². The van der Waals surface area contributed by atoms with E-state index in [0.29, 0.717) is 0 Å². The van der Waals surface area contributed by atoms with Crippen LogP contribution >= 0.6 is 0 Å². The van der Waals surface area contributed by atoms with Crippen LogP contribution in [0.25, 0.3) is 0 Å². The third-order valence-electron chi connectivity index (χ3n) is 4.33. The maximum atomic E-state index is 12.5. The predicted octanol–water partition coefficient (Wildman–Crippen LogP) is 1.45. The first-order valence-electron chi connectivity index (χ1n) is 6.88. The van der Waals surface area contributed by atoms with Gasteiger partial charge < -0.3 is 14.8 Å². The van der Waals surface area contributed by atoms with Crippen molar-refractivity contribution in [2.75, 3.05) is 13.1 Å². The lowest BCUT2D eigenvalue weighted by atomic mass is 10.1. The Morgan fingerprint density at radius 2 is 2.22 bits per heavy atom. The highest BCUT2D eigenvalue weighted by molar-refractivity contribution is 5.82. The van der Waals surface area contributed by atoms with Crippen LogP contribution in [0.2, 0.25) is 0 Å². The number of hydrogen-bond donors (Lipinski definition) is 1. The van der Waals surface area contributed by atoms with Gasteiger partial charge in [0.25, 0.3) is 0 Å². The summed E-state index contributed by atoms with van der Waals surface area (Å²) in [6.45, 7) is 7.01. The molecule has 2 aliphatic rings. The molecule has 1 unspecified atom stereocenters. The number of aromatic nitrogens is 1. The minimum Gasteiger partial charge on any atom is -0.345 e. The molecule has 4 nitrogen and oxygen atoms in total. The lowest BCUT2D eigenvalue weighted by molar-refractivity contribution is -0.136. The van der Waals surface area contributed by atoms with Crippen LogP contribution in [0.4, 0.5) is 0 Å². The summed E-state index contributed by atoms with van der Waals surface area (Å²) in [5.74, 6) is 0.283. The van der Waals surface area contributed by atoms with E-state index in [4.69, 9.17) is 0 Å². The first-order valence-corrected chi connectivity index (χ1v) is 6.88. The fraction of sp³-hybridized carbons (Fsp3) is 0.643. The Kier molecular flexibility index (Phi) is 2.90. The number of fused-ring (bicyclic) bond motifs is 1. The van der Waals surface area contributed by atoms with Gasteiger partial charge in [0.2, 0.25) is 5.91 Å². The first kappa shape index (κ1) is 11.8. The molecule has 1 amide bonds. The Morgan fingerprint density at radius 3 is 2.94 bits per heavy atom. The summed E-state index contributed by atoms with van der Waals surface area (Å²) in [6.07, 6.45) is 2.11. The molecule has 1 saturated heterocycles. The van der Waals surface area contributed by atoms with Crippen LogP contribution in [0.5, 0.6) is 0 Å². The monoisotopic (exact) mass is 247 g/mol. The summed E-state index contributed by atoms with van der Waals surface area (Å²) < 4.78 is 2.33. The molecule has 1 fully saturated rings. The van der Waals surface area contributed by atoms with E-state index in [2.05, 4.69) is 35.9 Å². The molecule has 2 aliphatic heterocycles. The molecular formula is C14H21N3O. The van der Waals surface area contributed by atoms with Gasteiger partial charge >= 0.3 is 0 Å². The zero-order valence-electron chi connectivity index (χ0n) is 11.1. The van der Waals surface area contributed by atoms with E-state index in [0.717, 1.165) is 32.5 Å². The Morgan fingerprint density at radius 1 is 1.39 bits per heavy atom. The van der Waals surface area contributed by atoms with E-state index in [1.54, 1.807) is 0 Å². The molecule has 4 heteroatoms. The van der Waals surface area contributed by atoms with Crippen LogP contribution in [0.3, 0.4) is 0 Å². The second kappa shape index (κ2) is 4.43. The summed E-state index contributed by atoms with van der Waals surface area (Å²) in [6, 6.07) is 4.55. The zero-order chi connectivity index (χ0) is 12.7. The van der Waals surface area contributed by atoms with Crippen molar-refractivity contribution in [3.8, 4) is 0 Å². The largest absolute Gasteiger partial charge is 0.345 e. The molecule has 3 rings (SSSR count). The molecule has 0 aliphatic carbocycles. The molecule has 1 N–H and O–H groups in total. The fourth-order valence-electron chi connectivity index (χ4n) is 3.22. The zero-order valence-corrected chi connectivity index (χ0v) is 11.1. The lowest BCUT2D eigenvalue weighted by Crippen LogP contribution is -2.48. The molecule has 2 atom stereocenters. The van der Waals surface area contributed by atoms with Crippen molar-refractivity contribution in [2.24, 2.45) is 0 Å². The van der Waals surface area contributed by atoms with Crippen LogP contribution in [0, 0.1) is 6.92 Å². The maximum Gasteiger partial charge on any atom is 0.240 e. The van der Waals surface area contributed by atoms with E-state index < -0.39 is 0 Å². The number of nitrogens with zero attached hydrogens (tertiary/aromatic N) is 2. The maximum absolute atomic E-state index is 12.5. The van der Waals surface area contributed by atoms with Crippen molar-refractivity contribution in [2.45, 2.75) is 45.3 Å². The minimum atomic E-state index is 0.0510. The summed E-state index contributed by atoms with van der Waals surface area (Å²) in [4.78, 5) is 14.5. The Bertz CT molecular complexity index is 460. The summed E-state index contributed by atoms with van der Waals surface area (Å²) in [7, 11) is 0. The van der Waals surface area contributed by atoms with Crippen molar-refractivity contribution in [3.63, 3.8) is 0 Å². The second-order valence-corrected chi connectivity index (χ2v) is 5.41. The number of carbonyl (C=O) groups excluding carboxylic acids is 1. The number of amides is 1. The van der Waals surface area contributed by atoms with Gasteiger partial charge in [-0.1, -0.05) is 0 Å². The quantitative estimate of drug-likeness (QED) is 0.815. The highest BCUT2D eigenvalue weighted by Crippen LogP contribution is 2.28. The van der Waals surface area contributed by atoms with Gasteiger partial charge in [-0.15, -0.1) is 0 Å². The number of carbonyl (C=O) groups is 1. The van der Waals surface area contributed by atoms with Crippen molar-refractivity contribution in [1.82, 2.24) is 14.8 Å². The molecule has 18 heavy (non-hydrogen) atoms. The number of hydrogen-bond acceptors (Lipinski definition) is 2. The van der Waals surface area contributed by atoms with Gasteiger partial charge in [-0.25, -0.2) is 0 Å². The predicted molar refractivity (Wildman–Crippen MR) is 70.3 cm³/mol. The van der Waals surface area contributed by atoms with Gasteiger partial charge in [-0.05, 0) is 45.4 Å². The standard InChI is InChI=1S/C14H21N3O/c1-10-5-6-13-11(2)17(9-8-16(10)13)14(18)12-4-3-7-15-12/h5-6,11-12,15H,3-4,7-9H2,1-2H3/t11?,12-/m0/s1. The molecule has 1 aromatic rings. The molecule has 98 valence electrons. The van der Waals surface area contributed by atoms with E-state index in [-0.39, 0.29) is 18.0 Å².